The maximum absolute atomic E-state index is 12.9. The van der Waals surface area contributed by atoms with Gasteiger partial charge in [0.2, 0.25) is 10.0 Å². The summed E-state index contributed by atoms with van der Waals surface area (Å²) in [6.45, 7) is 7.39. The van der Waals surface area contributed by atoms with E-state index in [1.807, 2.05) is 30.3 Å². The molecular formula is C22H25N3O3S. The summed E-state index contributed by atoms with van der Waals surface area (Å²) in [5, 5.41) is 9.20. The molecule has 29 heavy (non-hydrogen) atoms. The van der Waals surface area contributed by atoms with E-state index >= 15 is 0 Å². The normalized spacial score (nSPS) is 15.7. The third-order valence-electron chi connectivity index (χ3n) is 5.15. The maximum Gasteiger partial charge on any atom is 0.253 e. The monoisotopic (exact) mass is 411 g/mol. The van der Waals surface area contributed by atoms with Crippen molar-refractivity contribution in [2.24, 2.45) is 0 Å². The number of hydrogen-bond donors (Lipinski definition) is 0. The van der Waals surface area contributed by atoms with Gasteiger partial charge in [-0.05, 0) is 35.2 Å². The molecule has 0 aliphatic carbocycles. The molecule has 0 atom stereocenters. The Morgan fingerprint density at radius 2 is 1.55 bits per heavy atom. The Hall–Kier alpha value is -2.69. The van der Waals surface area contributed by atoms with Crippen LogP contribution in [0.5, 0.6) is 0 Å². The van der Waals surface area contributed by atoms with Crippen molar-refractivity contribution in [3.8, 4) is 6.07 Å². The van der Waals surface area contributed by atoms with Crippen molar-refractivity contribution < 1.29 is 13.2 Å². The van der Waals surface area contributed by atoms with Crippen LogP contribution in [0.25, 0.3) is 0 Å². The second kappa shape index (κ2) is 7.97. The summed E-state index contributed by atoms with van der Waals surface area (Å²) in [7, 11) is -3.77. The molecule has 1 saturated heterocycles. The fourth-order valence-corrected chi connectivity index (χ4v) is 4.91. The molecule has 3 rings (SSSR count). The van der Waals surface area contributed by atoms with E-state index in [-0.39, 0.29) is 34.9 Å². The second-order valence-electron chi connectivity index (χ2n) is 8.13. The van der Waals surface area contributed by atoms with Crippen LogP contribution in [0.4, 0.5) is 0 Å². The Morgan fingerprint density at radius 3 is 2.10 bits per heavy atom. The predicted octanol–water partition coefficient (Wildman–Crippen LogP) is 3.00. The molecule has 0 N–H and O–H groups in total. The van der Waals surface area contributed by atoms with E-state index in [2.05, 4.69) is 20.8 Å². The summed E-state index contributed by atoms with van der Waals surface area (Å²) in [6.07, 6.45) is 0. The van der Waals surface area contributed by atoms with Gasteiger partial charge in [-0.15, -0.1) is 0 Å². The SMILES string of the molecule is CC(C)(C)c1ccc(C(=O)N2CCN(S(=O)(=O)c3ccccc3C#N)CC2)cc1. The first-order chi connectivity index (χ1) is 13.6. The van der Waals surface area contributed by atoms with E-state index in [9.17, 15) is 18.5 Å². The summed E-state index contributed by atoms with van der Waals surface area (Å²) in [5.41, 5.74) is 1.90. The van der Waals surface area contributed by atoms with E-state index in [0.717, 1.165) is 5.56 Å². The number of carbonyl (C=O) groups excluding carboxylic acids is 1. The third-order valence-corrected chi connectivity index (χ3v) is 7.11. The summed E-state index contributed by atoms with van der Waals surface area (Å²) in [5.74, 6) is -0.0973. The number of benzene rings is 2. The van der Waals surface area contributed by atoms with Crippen LogP contribution >= 0.6 is 0 Å². The summed E-state index contributed by atoms with van der Waals surface area (Å²) in [4.78, 5) is 14.5. The molecule has 7 heteroatoms. The number of hydrogen-bond acceptors (Lipinski definition) is 4. The van der Waals surface area contributed by atoms with Gasteiger partial charge in [0.05, 0.1) is 10.5 Å². The van der Waals surface area contributed by atoms with E-state index < -0.39 is 10.0 Å². The van der Waals surface area contributed by atoms with Crippen molar-refractivity contribution in [1.29, 1.82) is 5.26 Å². The Kier molecular flexibility index (Phi) is 5.78. The lowest BCUT2D eigenvalue weighted by Gasteiger charge is -2.34. The Balaban J connectivity index is 1.70. The molecule has 1 fully saturated rings. The predicted molar refractivity (Wildman–Crippen MR) is 111 cm³/mol. The van der Waals surface area contributed by atoms with Crippen molar-refractivity contribution >= 4 is 15.9 Å². The molecule has 0 unspecified atom stereocenters. The zero-order chi connectivity index (χ0) is 21.2. The summed E-state index contributed by atoms with van der Waals surface area (Å²) < 4.78 is 27.2. The number of rotatable bonds is 3. The van der Waals surface area contributed by atoms with Gasteiger partial charge >= 0.3 is 0 Å². The average Bonchev–Trinajstić information content (AvgIpc) is 2.72. The van der Waals surface area contributed by atoms with Gasteiger partial charge in [-0.1, -0.05) is 45.0 Å². The number of amides is 1. The van der Waals surface area contributed by atoms with Crippen LogP contribution in [0, 0.1) is 11.3 Å². The number of carbonyl (C=O) groups is 1. The highest BCUT2D eigenvalue weighted by molar-refractivity contribution is 7.89. The molecule has 2 aromatic rings. The van der Waals surface area contributed by atoms with E-state index in [4.69, 9.17) is 0 Å². The van der Waals surface area contributed by atoms with Gasteiger partial charge in [0.25, 0.3) is 5.91 Å². The topological polar surface area (TPSA) is 81.5 Å². The first-order valence-electron chi connectivity index (χ1n) is 9.53. The van der Waals surface area contributed by atoms with Crippen molar-refractivity contribution in [1.82, 2.24) is 9.21 Å². The molecule has 0 aromatic heterocycles. The Bertz CT molecular complexity index is 1040. The minimum Gasteiger partial charge on any atom is -0.336 e. The van der Waals surface area contributed by atoms with E-state index in [1.165, 1.54) is 16.4 Å². The van der Waals surface area contributed by atoms with E-state index in [1.54, 1.807) is 17.0 Å². The minimum absolute atomic E-state index is 0.0139. The first kappa shape index (κ1) is 21.0. The molecular weight excluding hydrogens is 386 g/mol. The Labute approximate surface area is 172 Å². The Morgan fingerprint density at radius 1 is 0.966 bits per heavy atom. The average molecular weight is 412 g/mol. The lowest BCUT2D eigenvalue weighted by molar-refractivity contribution is 0.0698. The minimum atomic E-state index is -3.77. The van der Waals surface area contributed by atoms with Crippen molar-refractivity contribution in [3.05, 3.63) is 65.2 Å². The second-order valence-corrected chi connectivity index (χ2v) is 10.0. The summed E-state index contributed by atoms with van der Waals surface area (Å²) in [6, 6.07) is 15.7. The number of piperazine rings is 1. The fourth-order valence-electron chi connectivity index (χ4n) is 3.35. The summed E-state index contributed by atoms with van der Waals surface area (Å²) >= 11 is 0. The zero-order valence-corrected chi connectivity index (χ0v) is 17.7. The molecule has 1 amide bonds. The number of nitrogens with zero attached hydrogens (tertiary/aromatic N) is 3. The maximum atomic E-state index is 12.9. The quantitative estimate of drug-likeness (QED) is 0.777. The van der Waals surface area contributed by atoms with Crippen LogP contribution < -0.4 is 0 Å². The molecule has 0 spiro atoms. The number of nitriles is 1. The molecule has 1 aliphatic heterocycles. The number of sulfonamides is 1. The van der Waals surface area contributed by atoms with Crippen LogP contribution in [-0.2, 0) is 15.4 Å². The van der Waals surface area contributed by atoms with Crippen molar-refractivity contribution in [3.63, 3.8) is 0 Å². The highest BCUT2D eigenvalue weighted by Crippen LogP contribution is 2.24. The highest BCUT2D eigenvalue weighted by Gasteiger charge is 2.31. The molecule has 152 valence electrons. The van der Waals surface area contributed by atoms with E-state index in [0.29, 0.717) is 18.7 Å². The van der Waals surface area contributed by atoms with Crippen molar-refractivity contribution in [2.45, 2.75) is 31.1 Å². The molecule has 0 saturated carbocycles. The molecule has 1 heterocycles. The molecule has 2 aromatic carbocycles. The van der Waals surface area contributed by atoms with Gasteiger partial charge in [0.1, 0.15) is 6.07 Å². The van der Waals surface area contributed by atoms with Crippen LogP contribution in [0.2, 0.25) is 0 Å². The van der Waals surface area contributed by atoms with Gasteiger partial charge in [0, 0.05) is 31.7 Å². The smallest absolute Gasteiger partial charge is 0.253 e. The molecule has 0 radical (unpaired) electrons. The lowest BCUT2D eigenvalue weighted by atomic mass is 9.86. The third kappa shape index (κ3) is 4.34. The van der Waals surface area contributed by atoms with Crippen molar-refractivity contribution in [2.75, 3.05) is 26.2 Å². The van der Waals surface area contributed by atoms with Gasteiger partial charge in [-0.25, -0.2) is 8.42 Å². The molecule has 0 bridgehead atoms. The zero-order valence-electron chi connectivity index (χ0n) is 16.9. The van der Waals surface area contributed by atoms with Crippen LogP contribution in [0.1, 0.15) is 42.3 Å². The molecule has 1 aliphatic rings. The lowest BCUT2D eigenvalue weighted by Crippen LogP contribution is -2.50. The van der Waals surface area contributed by atoms with Gasteiger partial charge in [-0.2, -0.15) is 9.57 Å². The molecule has 6 nitrogen and oxygen atoms in total. The first-order valence-corrected chi connectivity index (χ1v) is 11.0. The van der Waals surface area contributed by atoms with Crippen LogP contribution in [0.3, 0.4) is 0 Å². The standard InChI is InChI=1S/C22H25N3O3S/c1-22(2,3)19-10-8-17(9-11-19)21(26)24-12-14-25(15-13-24)29(27,28)20-7-5-4-6-18(20)16-23/h4-11H,12-15H2,1-3H3. The van der Waals surface area contributed by atoms with Gasteiger partial charge in [-0.3, -0.25) is 4.79 Å². The van der Waals surface area contributed by atoms with Gasteiger partial charge in [0.15, 0.2) is 0 Å². The van der Waals surface area contributed by atoms with Crippen LogP contribution in [-0.4, -0.2) is 49.7 Å². The van der Waals surface area contributed by atoms with Gasteiger partial charge < -0.3 is 4.90 Å². The largest absolute Gasteiger partial charge is 0.336 e. The highest BCUT2D eigenvalue weighted by atomic mass is 32.2. The van der Waals surface area contributed by atoms with Crippen LogP contribution in [0.15, 0.2) is 53.4 Å². The fraction of sp³-hybridized carbons (Fsp3) is 0.364.